The maximum Gasteiger partial charge on any atom is 0.254 e. The van der Waals surface area contributed by atoms with Crippen molar-refractivity contribution in [2.75, 3.05) is 31.9 Å². The summed E-state index contributed by atoms with van der Waals surface area (Å²) in [7, 11) is -3.35. The van der Waals surface area contributed by atoms with Crippen molar-refractivity contribution in [1.82, 2.24) is 9.21 Å². The lowest BCUT2D eigenvalue weighted by atomic mass is 9.74. The van der Waals surface area contributed by atoms with Gasteiger partial charge in [-0.15, -0.1) is 0 Å². The van der Waals surface area contributed by atoms with Gasteiger partial charge in [0, 0.05) is 44.6 Å². The summed E-state index contributed by atoms with van der Waals surface area (Å²) in [5.74, 6) is -6.21. The van der Waals surface area contributed by atoms with Gasteiger partial charge in [0.05, 0.1) is 5.75 Å². The van der Waals surface area contributed by atoms with Gasteiger partial charge in [-0.2, -0.15) is 4.31 Å². The fourth-order valence-corrected chi connectivity index (χ4v) is 5.74. The third-order valence-electron chi connectivity index (χ3n) is 6.46. The van der Waals surface area contributed by atoms with Crippen LogP contribution in [0.4, 0.5) is 17.6 Å². The van der Waals surface area contributed by atoms with E-state index in [0.717, 1.165) is 12.1 Å². The number of primary amides is 1. The van der Waals surface area contributed by atoms with Crippen LogP contribution in [0.3, 0.4) is 0 Å². The molecule has 31 heavy (non-hydrogen) atoms. The minimum Gasteiger partial charge on any atom is -0.365 e. The fraction of sp³-hybridized carbons (Fsp3) is 0.650. The largest absolute Gasteiger partial charge is 0.365 e. The van der Waals surface area contributed by atoms with Gasteiger partial charge in [-0.25, -0.2) is 26.0 Å². The highest BCUT2D eigenvalue weighted by Gasteiger charge is 2.47. The Bertz CT molecular complexity index is 914. The minimum absolute atomic E-state index is 0.0187. The lowest BCUT2D eigenvalue weighted by Gasteiger charge is -2.51. The fourth-order valence-electron chi connectivity index (χ4n) is 4.65. The van der Waals surface area contributed by atoms with Crippen LogP contribution >= 0.6 is 0 Å². The molecule has 6 nitrogen and oxygen atoms in total. The molecule has 1 aliphatic heterocycles. The molecule has 1 aromatic carbocycles. The van der Waals surface area contributed by atoms with E-state index in [9.17, 15) is 30.8 Å². The molecule has 0 radical (unpaired) electrons. The first-order valence-corrected chi connectivity index (χ1v) is 11.9. The van der Waals surface area contributed by atoms with E-state index in [1.807, 2.05) is 4.90 Å². The van der Waals surface area contributed by atoms with Gasteiger partial charge in [0.25, 0.3) is 5.91 Å². The molecule has 1 amide bonds. The number of sulfonamides is 1. The first kappa shape index (κ1) is 23.9. The van der Waals surface area contributed by atoms with Gasteiger partial charge in [0.1, 0.15) is 17.2 Å². The zero-order chi connectivity index (χ0) is 23.0. The first-order valence-electron chi connectivity index (χ1n) is 10.3. The van der Waals surface area contributed by atoms with Crippen LogP contribution in [0.25, 0.3) is 0 Å². The number of halogens is 4. The molecular weight excluding hydrogens is 438 g/mol. The van der Waals surface area contributed by atoms with Crippen LogP contribution in [-0.4, -0.2) is 66.9 Å². The Kier molecular flexibility index (Phi) is 6.69. The molecule has 1 saturated heterocycles. The van der Waals surface area contributed by atoms with Gasteiger partial charge >= 0.3 is 0 Å². The predicted molar refractivity (Wildman–Crippen MR) is 107 cm³/mol. The zero-order valence-electron chi connectivity index (χ0n) is 17.3. The van der Waals surface area contributed by atoms with E-state index in [1.54, 1.807) is 6.92 Å². The number of carbonyl (C=O) groups excluding carboxylic acids is 1. The number of hydrogen-bond acceptors (Lipinski definition) is 4. The SMILES string of the molecule is CCS(=O)(=O)N1CCN(C2(Cc3cc(F)c(C(N)=O)c(F)c3)CCC(F)(F)CC2)CC1. The molecule has 2 fully saturated rings. The van der Waals surface area contributed by atoms with Crippen LogP contribution < -0.4 is 5.73 Å². The van der Waals surface area contributed by atoms with Crippen LogP contribution in [0.15, 0.2) is 12.1 Å². The maximum atomic E-state index is 14.3. The molecule has 0 unspecified atom stereocenters. The second-order valence-electron chi connectivity index (χ2n) is 8.34. The van der Waals surface area contributed by atoms with Crippen LogP contribution in [-0.2, 0) is 16.4 Å². The summed E-state index contributed by atoms with van der Waals surface area (Å²) in [5.41, 5.74) is 3.65. The first-order chi connectivity index (χ1) is 14.4. The molecule has 0 atom stereocenters. The van der Waals surface area contributed by atoms with Crippen molar-refractivity contribution in [3.8, 4) is 0 Å². The van der Waals surface area contributed by atoms with Crippen molar-refractivity contribution < 1.29 is 30.8 Å². The minimum atomic E-state index is -3.35. The Balaban J connectivity index is 1.87. The summed E-state index contributed by atoms with van der Waals surface area (Å²) in [6.45, 7) is 2.71. The summed E-state index contributed by atoms with van der Waals surface area (Å²) in [6, 6.07) is 2.05. The second kappa shape index (κ2) is 8.67. The third kappa shape index (κ3) is 5.04. The Labute approximate surface area is 179 Å². The summed E-state index contributed by atoms with van der Waals surface area (Å²) < 4.78 is 82.0. The molecule has 2 aliphatic rings. The molecule has 0 bridgehead atoms. The molecule has 0 spiro atoms. The lowest BCUT2D eigenvalue weighted by Crippen LogP contribution is -2.60. The van der Waals surface area contributed by atoms with Crippen molar-refractivity contribution >= 4 is 15.9 Å². The number of rotatable bonds is 6. The lowest BCUT2D eigenvalue weighted by molar-refractivity contribution is -0.0869. The van der Waals surface area contributed by atoms with E-state index in [-0.39, 0.29) is 56.5 Å². The van der Waals surface area contributed by atoms with Crippen molar-refractivity contribution in [2.45, 2.75) is 50.5 Å². The topological polar surface area (TPSA) is 83.7 Å². The summed E-state index contributed by atoms with van der Waals surface area (Å²) >= 11 is 0. The number of hydrogen-bond donors (Lipinski definition) is 1. The number of nitrogens with zero attached hydrogens (tertiary/aromatic N) is 2. The van der Waals surface area contributed by atoms with E-state index in [1.165, 1.54) is 4.31 Å². The van der Waals surface area contributed by atoms with Crippen LogP contribution in [0.1, 0.15) is 48.5 Å². The van der Waals surface area contributed by atoms with E-state index in [0.29, 0.717) is 13.1 Å². The van der Waals surface area contributed by atoms with E-state index < -0.39 is 44.6 Å². The maximum absolute atomic E-state index is 14.3. The van der Waals surface area contributed by atoms with Crippen LogP contribution in [0.5, 0.6) is 0 Å². The highest BCUT2D eigenvalue weighted by molar-refractivity contribution is 7.89. The zero-order valence-corrected chi connectivity index (χ0v) is 18.2. The Morgan fingerprint density at radius 3 is 2.00 bits per heavy atom. The van der Waals surface area contributed by atoms with Crippen LogP contribution in [0.2, 0.25) is 0 Å². The number of carbonyl (C=O) groups is 1. The Hall–Kier alpha value is -1.72. The van der Waals surface area contributed by atoms with Crippen LogP contribution in [0, 0.1) is 11.6 Å². The molecule has 0 aromatic heterocycles. The molecule has 3 rings (SSSR count). The van der Waals surface area contributed by atoms with Crippen molar-refractivity contribution in [1.29, 1.82) is 0 Å². The molecular formula is C20H27F4N3O3S. The molecule has 1 heterocycles. The van der Waals surface area contributed by atoms with Crippen molar-refractivity contribution in [3.63, 3.8) is 0 Å². The number of piperazine rings is 1. The molecule has 174 valence electrons. The van der Waals surface area contributed by atoms with E-state index in [4.69, 9.17) is 5.73 Å². The van der Waals surface area contributed by atoms with Gasteiger partial charge in [-0.3, -0.25) is 9.69 Å². The highest BCUT2D eigenvalue weighted by atomic mass is 32.2. The van der Waals surface area contributed by atoms with Crippen molar-refractivity contribution in [2.24, 2.45) is 5.73 Å². The predicted octanol–water partition coefficient (Wildman–Crippen LogP) is 2.52. The normalized spacial score (nSPS) is 22.4. The standard InChI is InChI=1S/C20H27F4N3O3S/c1-2-31(29,30)27-9-7-26(8-10-27)19(3-5-20(23,24)6-4-19)13-14-11-15(21)17(18(25)28)16(22)12-14/h11-12H,2-10,13H2,1H3,(H2,25,28). The molecule has 1 saturated carbocycles. The number of nitrogens with two attached hydrogens (primary N) is 1. The summed E-state index contributed by atoms with van der Waals surface area (Å²) in [5, 5.41) is 0. The second-order valence-corrected chi connectivity index (χ2v) is 10.6. The van der Waals surface area contributed by atoms with Gasteiger partial charge in [-0.05, 0) is 43.9 Å². The van der Waals surface area contributed by atoms with Gasteiger partial charge in [0.2, 0.25) is 15.9 Å². The third-order valence-corrected chi connectivity index (χ3v) is 8.34. The van der Waals surface area contributed by atoms with Crippen molar-refractivity contribution in [3.05, 3.63) is 34.9 Å². The summed E-state index contributed by atoms with van der Waals surface area (Å²) in [6.07, 6.45) is -0.380. The molecule has 11 heteroatoms. The average molecular weight is 466 g/mol. The molecule has 1 aliphatic carbocycles. The number of alkyl halides is 2. The Morgan fingerprint density at radius 1 is 1.03 bits per heavy atom. The summed E-state index contributed by atoms with van der Waals surface area (Å²) in [4.78, 5) is 13.2. The molecule has 2 N–H and O–H groups in total. The number of benzene rings is 1. The van der Waals surface area contributed by atoms with E-state index in [2.05, 4.69) is 0 Å². The van der Waals surface area contributed by atoms with E-state index >= 15 is 0 Å². The smallest absolute Gasteiger partial charge is 0.254 e. The Morgan fingerprint density at radius 2 is 1.55 bits per heavy atom. The average Bonchev–Trinajstić information content (AvgIpc) is 2.69. The molecule has 1 aromatic rings. The van der Waals surface area contributed by atoms with Gasteiger partial charge in [0.15, 0.2) is 0 Å². The van der Waals surface area contributed by atoms with Gasteiger partial charge < -0.3 is 5.73 Å². The quantitative estimate of drug-likeness (QED) is 0.655. The van der Waals surface area contributed by atoms with Gasteiger partial charge in [-0.1, -0.05) is 0 Å². The highest BCUT2D eigenvalue weighted by Crippen LogP contribution is 2.44. The monoisotopic (exact) mass is 465 g/mol. The number of amides is 1.